The Morgan fingerprint density at radius 1 is 1.29 bits per heavy atom. The van der Waals surface area contributed by atoms with Crippen molar-refractivity contribution in [1.82, 2.24) is 0 Å². The topological polar surface area (TPSA) is 46.2 Å². The summed E-state index contributed by atoms with van der Waals surface area (Å²) in [6.45, 7) is 0.316. The zero-order valence-electron chi connectivity index (χ0n) is 8.37. The summed E-state index contributed by atoms with van der Waals surface area (Å²) < 4.78 is 0. The zero-order valence-corrected chi connectivity index (χ0v) is 8.37. The second-order valence-electron chi connectivity index (χ2n) is 3.94. The van der Waals surface area contributed by atoms with Crippen LogP contribution in [0.2, 0.25) is 0 Å². The van der Waals surface area contributed by atoms with Gasteiger partial charge in [-0.05, 0) is 42.4 Å². The smallest absolute Gasteiger partial charge is 0.0914 e. The maximum absolute atomic E-state index is 9.76. The SMILES string of the molecule is NC[C@@H](O)c1cccc2c1CCCC2. The Labute approximate surface area is 84.7 Å². The number of aryl methyl sites for hydroxylation is 1. The van der Waals surface area contributed by atoms with Crippen LogP contribution in [0.5, 0.6) is 0 Å². The fourth-order valence-corrected chi connectivity index (χ4v) is 2.25. The van der Waals surface area contributed by atoms with Crippen LogP contribution in [0.4, 0.5) is 0 Å². The lowest BCUT2D eigenvalue weighted by Crippen LogP contribution is -2.16. The van der Waals surface area contributed by atoms with Crippen LogP contribution in [0.25, 0.3) is 0 Å². The van der Waals surface area contributed by atoms with Crippen molar-refractivity contribution in [2.45, 2.75) is 31.8 Å². The van der Waals surface area contributed by atoms with Gasteiger partial charge in [0.25, 0.3) is 0 Å². The molecule has 1 atom stereocenters. The molecule has 14 heavy (non-hydrogen) atoms. The van der Waals surface area contributed by atoms with E-state index in [1.165, 1.54) is 24.0 Å². The van der Waals surface area contributed by atoms with Crippen LogP contribution in [0, 0.1) is 0 Å². The fourth-order valence-electron chi connectivity index (χ4n) is 2.25. The summed E-state index contributed by atoms with van der Waals surface area (Å²) in [6, 6.07) is 6.20. The predicted octanol–water partition coefficient (Wildman–Crippen LogP) is 1.56. The Kier molecular flexibility index (Phi) is 2.85. The fraction of sp³-hybridized carbons (Fsp3) is 0.500. The van der Waals surface area contributed by atoms with Gasteiger partial charge >= 0.3 is 0 Å². The third-order valence-corrected chi connectivity index (χ3v) is 3.01. The summed E-state index contributed by atoms with van der Waals surface area (Å²) in [6.07, 6.45) is 4.28. The van der Waals surface area contributed by atoms with E-state index >= 15 is 0 Å². The van der Waals surface area contributed by atoms with Crippen LogP contribution in [-0.2, 0) is 12.8 Å². The van der Waals surface area contributed by atoms with Gasteiger partial charge in [-0.25, -0.2) is 0 Å². The highest BCUT2D eigenvalue weighted by atomic mass is 16.3. The maximum Gasteiger partial charge on any atom is 0.0914 e. The Balaban J connectivity index is 2.39. The molecule has 0 bridgehead atoms. The van der Waals surface area contributed by atoms with Crippen molar-refractivity contribution in [1.29, 1.82) is 0 Å². The van der Waals surface area contributed by atoms with Crippen LogP contribution in [0.1, 0.15) is 35.6 Å². The number of fused-ring (bicyclic) bond motifs is 1. The molecule has 1 aromatic carbocycles. The molecule has 0 aromatic heterocycles. The zero-order chi connectivity index (χ0) is 9.97. The van der Waals surface area contributed by atoms with E-state index in [1.54, 1.807) is 0 Å². The van der Waals surface area contributed by atoms with Crippen LogP contribution in [-0.4, -0.2) is 11.7 Å². The van der Waals surface area contributed by atoms with Gasteiger partial charge in [0.15, 0.2) is 0 Å². The number of aliphatic hydroxyl groups is 1. The molecule has 2 nitrogen and oxygen atoms in total. The van der Waals surface area contributed by atoms with Crippen LogP contribution in [0.3, 0.4) is 0 Å². The number of rotatable bonds is 2. The summed E-state index contributed by atoms with van der Waals surface area (Å²) in [5, 5.41) is 9.76. The van der Waals surface area contributed by atoms with Crippen LogP contribution >= 0.6 is 0 Å². The predicted molar refractivity (Wildman–Crippen MR) is 57.1 cm³/mol. The first-order valence-corrected chi connectivity index (χ1v) is 5.31. The van der Waals surface area contributed by atoms with Gasteiger partial charge in [-0.2, -0.15) is 0 Å². The average Bonchev–Trinajstić information content (AvgIpc) is 2.27. The molecule has 0 saturated heterocycles. The third kappa shape index (κ3) is 1.68. The molecule has 0 amide bonds. The summed E-state index contributed by atoms with van der Waals surface area (Å²) >= 11 is 0. The Bertz CT molecular complexity index is 322. The minimum atomic E-state index is -0.483. The molecular weight excluding hydrogens is 174 g/mol. The third-order valence-electron chi connectivity index (χ3n) is 3.01. The van der Waals surface area contributed by atoms with Crippen LogP contribution < -0.4 is 5.73 Å². The number of aliphatic hydroxyl groups excluding tert-OH is 1. The van der Waals surface area contributed by atoms with E-state index in [1.807, 2.05) is 12.1 Å². The van der Waals surface area contributed by atoms with Crippen LogP contribution in [0.15, 0.2) is 18.2 Å². The van der Waals surface area contributed by atoms with E-state index in [-0.39, 0.29) is 0 Å². The summed E-state index contributed by atoms with van der Waals surface area (Å²) in [4.78, 5) is 0. The van der Waals surface area contributed by atoms with E-state index in [9.17, 15) is 5.11 Å². The molecule has 76 valence electrons. The van der Waals surface area contributed by atoms with Crippen molar-refractivity contribution in [3.8, 4) is 0 Å². The molecule has 1 aromatic rings. The molecule has 0 fully saturated rings. The normalized spacial score (nSPS) is 17.6. The van der Waals surface area contributed by atoms with Crippen molar-refractivity contribution in [2.24, 2.45) is 5.73 Å². The van der Waals surface area contributed by atoms with Crippen molar-refractivity contribution in [3.05, 3.63) is 34.9 Å². The number of hydrogen-bond acceptors (Lipinski definition) is 2. The Hall–Kier alpha value is -0.860. The molecule has 0 radical (unpaired) electrons. The summed E-state index contributed by atoms with van der Waals surface area (Å²) in [5.41, 5.74) is 9.28. The minimum Gasteiger partial charge on any atom is -0.387 e. The van der Waals surface area contributed by atoms with Crippen molar-refractivity contribution < 1.29 is 5.11 Å². The number of hydrogen-bond donors (Lipinski definition) is 2. The maximum atomic E-state index is 9.76. The highest BCUT2D eigenvalue weighted by Crippen LogP contribution is 2.27. The second kappa shape index (κ2) is 4.11. The first kappa shape index (κ1) is 9.69. The molecule has 0 heterocycles. The molecule has 3 N–H and O–H groups in total. The monoisotopic (exact) mass is 191 g/mol. The van der Waals surface area contributed by atoms with Gasteiger partial charge in [-0.1, -0.05) is 18.2 Å². The molecule has 0 aliphatic heterocycles. The molecule has 1 aliphatic rings. The first-order valence-electron chi connectivity index (χ1n) is 5.31. The van der Waals surface area contributed by atoms with Crippen molar-refractivity contribution >= 4 is 0 Å². The van der Waals surface area contributed by atoms with Gasteiger partial charge in [-0.3, -0.25) is 0 Å². The van der Waals surface area contributed by atoms with Gasteiger partial charge in [0, 0.05) is 6.54 Å². The van der Waals surface area contributed by atoms with E-state index in [0.717, 1.165) is 18.4 Å². The van der Waals surface area contributed by atoms with E-state index in [4.69, 9.17) is 5.73 Å². The quantitative estimate of drug-likeness (QED) is 0.745. The highest BCUT2D eigenvalue weighted by molar-refractivity contribution is 5.38. The lowest BCUT2D eigenvalue weighted by molar-refractivity contribution is 0.185. The molecule has 0 unspecified atom stereocenters. The lowest BCUT2D eigenvalue weighted by Gasteiger charge is -2.21. The largest absolute Gasteiger partial charge is 0.387 e. The van der Waals surface area contributed by atoms with Gasteiger partial charge < -0.3 is 10.8 Å². The number of nitrogens with two attached hydrogens (primary N) is 1. The molecule has 0 saturated carbocycles. The Morgan fingerprint density at radius 2 is 2.07 bits per heavy atom. The van der Waals surface area contributed by atoms with Gasteiger partial charge in [0.2, 0.25) is 0 Å². The van der Waals surface area contributed by atoms with Crippen molar-refractivity contribution in [3.63, 3.8) is 0 Å². The van der Waals surface area contributed by atoms with Crippen molar-refractivity contribution in [2.75, 3.05) is 6.54 Å². The van der Waals surface area contributed by atoms with Gasteiger partial charge in [-0.15, -0.1) is 0 Å². The van der Waals surface area contributed by atoms with Gasteiger partial charge in [0.1, 0.15) is 0 Å². The summed E-state index contributed by atoms with van der Waals surface area (Å²) in [7, 11) is 0. The van der Waals surface area contributed by atoms with E-state index < -0.39 is 6.10 Å². The highest BCUT2D eigenvalue weighted by Gasteiger charge is 2.16. The molecule has 2 rings (SSSR count). The lowest BCUT2D eigenvalue weighted by atomic mass is 9.86. The van der Waals surface area contributed by atoms with Gasteiger partial charge in [0.05, 0.1) is 6.10 Å². The van der Waals surface area contributed by atoms with E-state index in [0.29, 0.717) is 6.54 Å². The molecule has 0 spiro atoms. The average molecular weight is 191 g/mol. The molecule has 2 heteroatoms. The second-order valence-corrected chi connectivity index (χ2v) is 3.94. The standard InChI is InChI=1S/C12H17NO/c13-8-12(14)11-7-3-5-9-4-1-2-6-10(9)11/h3,5,7,12,14H,1-2,4,6,8,13H2/t12-/m1/s1. The minimum absolute atomic E-state index is 0.316. The molecule has 1 aliphatic carbocycles. The van der Waals surface area contributed by atoms with E-state index in [2.05, 4.69) is 6.07 Å². The Morgan fingerprint density at radius 3 is 2.86 bits per heavy atom. The molecular formula is C12H17NO. The number of benzene rings is 1. The summed E-state index contributed by atoms with van der Waals surface area (Å²) in [5.74, 6) is 0. The first-order chi connectivity index (χ1) is 6.83.